The summed E-state index contributed by atoms with van der Waals surface area (Å²) in [4.78, 5) is 17.0. The number of fused-ring (bicyclic) bond motifs is 1. The van der Waals surface area contributed by atoms with E-state index in [-0.39, 0.29) is 12.3 Å². The second-order valence-corrected chi connectivity index (χ2v) is 7.75. The van der Waals surface area contributed by atoms with Gasteiger partial charge >= 0.3 is 0 Å². The number of ether oxygens (including phenoxy) is 2. The van der Waals surface area contributed by atoms with Crippen molar-refractivity contribution in [2.45, 2.75) is 32.7 Å². The molecule has 3 aromatic rings. The lowest BCUT2D eigenvalue weighted by Gasteiger charge is -2.27. The first kappa shape index (κ1) is 20.5. The Kier molecular flexibility index (Phi) is 5.92. The molecule has 0 aliphatic carbocycles. The standard InChI is InChI=1S/C23H27N3O3/c1-15-12-18(24)22-19(25-15)6-5-7-20(22)29-14-23(2,3)26-21(27)13-16-8-10-17(28-4)11-9-16/h5-12H,13-14H2,1-4H3,(H2,24,25)(H,26,27). The van der Waals surface area contributed by atoms with Crippen molar-refractivity contribution in [1.29, 1.82) is 0 Å². The Labute approximate surface area is 171 Å². The lowest BCUT2D eigenvalue weighted by Crippen LogP contribution is -2.48. The number of aromatic nitrogens is 1. The second-order valence-electron chi connectivity index (χ2n) is 7.75. The molecule has 0 unspecified atom stereocenters. The molecular formula is C23H27N3O3. The molecule has 0 aliphatic rings. The van der Waals surface area contributed by atoms with E-state index in [1.807, 2.05) is 69.3 Å². The average molecular weight is 393 g/mol. The molecule has 0 bridgehead atoms. The van der Waals surface area contributed by atoms with Crippen molar-refractivity contribution in [3.05, 3.63) is 59.8 Å². The van der Waals surface area contributed by atoms with Crippen LogP contribution >= 0.6 is 0 Å². The largest absolute Gasteiger partial charge is 0.497 e. The predicted octanol–water partition coefficient (Wildman–Crippen LogP) is 3.65. The van der Waals surface area contributed by atoms with Gasteiger partial charge in [0.15, 0.2) is 0 Å². The molecule has 29 heavy (non-hydrogen) atoms. The Morgan fingerprint density at radius 2 is 1.90 bits per heavy atom. The Hall–Kier alpha value is -3.28. The number of hydrogen-bond donors (Lipinski definition) is 2. The number of anilines is 1. The molecule has 2 aromatic carbocycles. The van der Waals surface area contributed by atoms with E-state index in [0.717, 1.165) is 27.9 Å². The van der Waals surface area contributed by atoms with Gasteiger partial charge < -0.3 is 20.5 Å². The molecule has 0 atom stereocenters. The van der Waals surface area contributed by atoms with Gasteiger partial charge in [-0.15, -0.1) is 0 Å². The summed E-state index contributed by atoms with van der Waals surface area (Å²) < 4.78 is 11.2. The van der Waals surface area contributed by atoms with E-state index in [4.69, 9.17) is 15.2 Å². The molecule has 1 aromatic heterocycles. The van der Waals surface area contributed by atoms with E-state index >= 15 is 0 Å². The van der Waals surface area contributed by atoms with Gasteiger partial charge in [0.05, 0.1) is 30.0 Å². The van der Waals surface area contributed by atoms with Crippen LogP contribution in [0, 0.1) is 6.92 Å². The number of methoxy groups -OCH3 is 1. The van der Waals surface area contributed by atoms with E-state index < -0.39 is 5.54 Å². The zero-order valence-corrected chi connectivity index (χ0v) is 17.3. The number of carbonyl (C=O) groups is 1. The van der Waals surface area contributed by atoms with Crippen molar-refractivity contribution in [1.82, 2.24) is 10.3 Å². The average Bonchev–Trinajstić information content (AvgIpc) is 2.66. The fourth-order valence-electron chi connectivity index (χ4n) is 3.19. The highest BCUT2D eigenvalue weighted by Gasteiger charge is 2.22. The van der Waals surface area contributed by atoms with Crippen LogP contribution in [0.15, 0.2) is 48.5 Å². The molecule has 0 fully saturated rings. The number of aryl methyl sites for hydroxylation is 1. The van der Waals surface area contributed by atoms with Crippen LogP contribution < -0.4 is 20.5 Å². The number of carbonyl (C=O) groups excluding carboxylic acids is 1. The minimum atomic E-state index is -0.557. The van der Waals surface area contributed by atoms with Crippen molar-refractivity contribution >= 4 is 22.5 Å². The van der Waals surface area contributed by atoms with Crippen LogP contribution in [-0.4, -0.2) is 30.1 Å². The number of nitrogens with zero attached hydrogens (tertiary/aromatic N) is 1. The SMILES string of the molecule is COc1ccc(CC(=O)NC(C)(C)COc2cccc3nc(C)cc(N)c23)cc1. The van der Waals surface area contributed by atoms with Crippen molar-refractivity contribution < 1.29 is 14.3 Å². The quantitative estimate of drug-likeness (QED) is 0.640. The van der Waals surface area contributed by atoms with E-state index in [1.54, 1.807) is 7.11 Å². The number of nitrogens with one attached hydrogen (secondary N) is 1. The molecule has 1 amide bonds. The molecule has 1 heterocycles. The molecule has 152 valence electrons. The highest BCUT2D eigenvalue weighted by molar-refractivity contribution is 5.95. The van der Waals surface area contributed by atoms with Crippen LogP contribution in [0.25, 0.3) is 10.9 Å². The maximum atomic E-state index is 12.5. The van der Waals surface area contributed by atoms with Crippen LogP contribution in [0.5, 0.6) is 11.5 Å². The lowest BCUT2D eigenvalue weighted by atomic mass is 10.1. The van der Waals surface area contributed by atoms with Gasteiger partial charge in [-0.1, -0.05) is 18.2 Å². The molecule has 3 rings (SSSR count). The number of amides is 1. The highest BCUT2D eigenvalue weighted by atomic mass is 16.5. The molecule has 0 saturated carbocycles. The minimum absolute atomic E-state index is 0.0708. The first-order chi connectivity index (χ1) is 13.8. The van der Waals surface area contributed by atoms with Crippen molar-refractivity contribution in [3.8, 4) is 11.5 Å². The molecule has 6 nitrogen and oxygen atoms in total. The number of hydrogen-bond acceptors (Lipinski definition) is 5. The molecule has 0 aliphatic heterocycles. The summed E-state index contributed by atoms with van der Waals surface area (Å²) in [5, 5.41) is 3.82. The van der Waals surface area contributed by atoms with Crippen molar-refractivity contribution in [2.24, 2.45) is 0 Å². The van der Waals surface area contributed by atoms with Crippen LogP contribution in [0.3, 0.4) is 0 Å². The Balaban J connectivity index is 1.65. The van der Waals surface area contributed by atoms with Gasteiger partial charge in [-0.2, -0.15) is 0 Å². The Morgan fingerprint density at radius 3 is 2.59 bits per heavy atom. The summed E-state index contributed by atoms with van der Waals surface area (Å²) in [7, 11) is 1.62. The first-order valence-electron chi connectivity index (χ1n) is 9.50. The summed E-state index contributed by atoms with van der Waals surface area (Å²) in [5.41, 5.74) is 8.83. The number of rotatable bonds is 7. The van der Waals surface area contributed by atoms with Crippen LogP contribution in [0.4, 0.5) is 5.69 Å². The fraction of sp³-hybridized carbons (Fsp3) is 0.304. The van der Waals surface area contributed by atoms with Crippen LogP contribution in [0.1, 0.15) is 25.1 Å². The van der Waals surface area contributed by atoms with E-state index in [2.05, 4.69) is 10.3 Å². The zero-order chi connectivity index (χ0) is 21.0. The third-order valence-electron chi connectivity index (χ3n) is 4.54. The monoisotopic (exact) mass is 393 g/mol. The van der Waals surface area contributed by atoms with Gasteiger partial charge in [0.1, 0.15) is 18.1 Å². The number of pyridine rings is 1. The van der Waals surface area contributed by atoms with Crippen molar-refractivity contribution in [2.75, 3.05) is 19.5 Å². The van der Waals surface area contributed by atoms with Gasteiger partial charge in [-0.05, 0) is 56.7 Å². The molecule has 6 heteroatoms. The maximum Gasteiger partial charge on any atom is 0.224 e. The van der Waals surface area contributed by atoms with Gasteiger partial charge in [0.25, 0.3) is 0 Å². The molecule has 0 saturated heterocycles. The normalized spacial score (nSPS) is 11.3. The molecule has 0 radical (unpaired) electrons. The smallest absolute Gasteiger partial charge is 0.224 e. The molecular weight excluding hydrogens is 366 g/mol. The highest BCUT2D eigenvalue weighted by Crippen LogP contribution is 2.30. The number of nitrogens with two attached hydrogens (primary N) is 1. The zero-order valence-electron chi connectivity index (χ0n) is 17.3. The third-order valence-corrected chi connectivity index (χ3v) is 4.54. The Bertz CT molecular complexity index is 1010. The molecule has 0 spiro atoms. The van der Waals surface area contributed by atoms with Gasteiger partial charge in [-0.25, -0.2) is 0 Å². The fourth-order valence-corrected chi connectivity index (χ4v) is 3.19. The number of nitrogen functional groups attached to an aromatic ring is 1. The number of benzene rings is 2. The summed E-state index contributed by atoms with van der Waals surface area (Å²) in [6, 6.07) is 15.0. The topological polar surface area (TPSA) is 86.5 Å². The van der Waals surface area contributed by atoms with E-state index in [0.29, 0.717) is 18.0 Å². The van der Waals surface area contributed by atoms with E-state index in [9.17, 15) is 4.79 Å². The first-order valence-corrected chi connectivity index (χ1v) is 9.50. The van der Waals surface area contributed by atoms with Crippen LogP contribution in [0.2, 0.25) is 0 Å². The predicted molar refractivity (Wildman–Crippen MR) is 115 cm³/mol. The summed E-state index contributed by atoms with van der Waals surface area (Å²) in [5.74, 6) is 1.35. The maximum absolute atomic E-state index is 12.5. The minimum Gasteiger partial charge on any atom is -0.497 e. The Morgan fingerprint density at radius 1 is 1.17 bits per heavy atom. The summed E-state index contributed by atoms with van der Waals surface area (Å²) in [6.07, 6.45) is 0.290. The van der Waals surface area contributed by atoms with Gasteiger partial charge in [-0.3, -0.25) is 9.78 Å². The summed E-state index contributed by atoms with van der Waals surface area (Å²) >= 11 is 0. The third kappa shape index (κ3) is 5.16. The van der Waals surface area contributed by atoms with Crippen molar-refractivity contribution in [3.63, 3.8) is 0 Å². The van der Waals surface area contributed by atoms with Crippen LogP contribution in [-0.2, 0) is 11.2 Å². The second kappa shape index (κ2) is 8.39. The van der Waals surface area contributed by atoms with Gasteiger partial charge in [0.2, 0.25) is 5.91 Å². The lowest BCUT2D eigenvalue weighted by molar-refractivity contribution is -0.122. The van der Waals surface area contributed by atoms with E-state index in [1.165, 1.54) is 0 Å². The van der Waals surface area contributed by atoms with Gasteiger partial charge in [0, 0.05) is 11.4 Å². The summed E-state index contributed by atoms with van der Waals surface area (Å²) in [6.45, 7) is 6.06. The molecule has 3 N–H and O–H groups in total.